The Hall–Kier alpha value is -1.62. The minimum Gasteiger partial charge on any atom is -0.344 e. The molecule has 0 spiro atoms. The van der Waals surface area contributed by atoms with Gasteiger partial charge in [-0.1, -0.05) is 37.5 Å². The van der Waals surface area contributed by atoms with E-state index >= 15 is 0 Å². The molecule has 90 valence electrons. The molecule has 0 atom stereocenters. The van der Waals surface area contributed by atoms with Crippen LogP contribution in [0.3, 0.4) is 0 Å². The number of nitrogens with zero attached hydrogens (tertiary/aromatic N) is 1. The van der Waals surface area contributed by atoms with Crippen LogP contribution in [0.25, 0.3) is 12.7 Å². The van der Waals surface area contributed by atoms with Crippen LogP contribution in [0.4, 0.5) is 8.78 Å². The number of rotatable bonds is 3. The molecule has 0 aromatic carbocycles. The van der Waals surface area contributed by atoms with Gasteiger partial charge in [-0.15, -0.1) is 0 Å². The third kappa shape index (κ3) is 2.94. The molecule has 0 radical (unpaired) electrons. The molecule has 1 rings (SSSR count). The minimum absolute atomic E-state index is 0.127. The van der Waals surface area contributed by atoms with Gasteiger partial charge in [0, 0.05) is 0 Å². The average molecular weight is 254 g/mol. The summed E-state index contributed by atoms with van der Waals surface area (Å²) < 4.78 is 26.8. The van der Waals surface area contributed by atoms with Crippen molar-refractivity contribution in [3.8, 4) is 0 Å². The average Bonchev–Trinajstić information content (AvgIpc) is 2.27. The van der Waals surface area contributed by atoms with Crippen LogP contribution in [0.2, 0.25) is 0 Å². The van der Waals surface area contributed by atoms with E-state index in [0.29, 0.717) is 16.8 Å². The maximum absolute atomic E-state index is 13.5. The summed E-state index contributed by atoms with van der Waals surface area (Å²) >= 11 is 4.81. The second-order valence-electron chi connectivity index (χ2n) is 3.30. The molecule has 0 amide bonds. The monoisotopic (exact) mass is 254 g/mol. The summed E-state index contributed by atoms with van der Waals surface area (Å²) in [5.74, 6) is -3.25. The summed E-state index contributed by atoms with van der Waals surface area (Å²) in [7, 11) is 0. The highest BCUT2D eigenvalue weighted by Crippen LogP contribution is 2.26. The molecule has 0 bridgehead atoms. The minimum atomic E-state index is -3.25. The largest absolute Gasteiger partial charge is 0.344 e. The number of aromatic amines is 1. The fourth-order valence-electron chi connectivity index (χ4n) is 1.15. The van der Waals surface area contributed by atoms with E-state index in [9.17, 15) is 8.78 Å². The lowest BCUT2D eigenvalue weighted by molar-refractivity contribution is 0.0463. The molecule has 0 aliphatic rings. The van der Waals surface area contributed by atoms with Gasteiger partial charge < -0.3 is 4.98 Å². The Morgan fingerprint density at radius 3 is 2.65 bits per heavy atom. The van der Waals surface area contributed by atoms with Gasteiger partial charge >= 0.3 is 5.92 Å². The van der Waals surface area contributed by atoms with Crippen LogP contribution in [0, 0.1) is 4.64 Å². The van der Waals surface area contributed by atoms with Crippen LogP contribution in [-0.4, -0.2) is 9.97 Å². The van der Waals surface area contributed by atoms with Crippen molar-refractivity contribution in [3.05, 3.63) is 45.8 Å². The van der Waals surface area contributed by atoms with Gasteiger partial charge in [-0.2, -0.15) is 8.78 Å². The summed E-state index contributed by atoms with van der Waals surface area (Å²) in [4.78, 5) is 6.43. The number of nitrogens with one attached hydrogen (secondary N) is 1. The molecule has 5 heteroatoms. The van der Waals surface area contributed by atoms with Gasteiger partial charge in [-0.3, -0.25) is 0 Å². The van der Waals surface area contributed by atoms with Crippen molar-refractivity contribution < 1.29 is 8.78 Å². The topological polar surface area (TPSA) is 28.7 Å². The third-order valence-electron chi connectivity index (χ3n) is 2.04. The van der Waals surface area contributed by atoms with Crippen molar-refractivity contribution >= 4 is 24.9 Å². The zero-order valence-corrected chi connectivity index (χ0v) is 10.2. The van der Waals surface area contributed by atoms with Gasteiger partial charge in [0.15, 0.2) is 0 Å². The molecular weight excluding hydrogens is 242 g/mol. The highest BCUT2D eigenvalue weighted by Gasteiger charge is 2.30. The lowest BCUT2D eigenvalue weighted by atomic mass is 10.2. The first-order valence-electron chi connectivity index (χ1n) is 4.86. The zero-order valence-electron chi connectivity index (χ0n) is 9.34. The quantitative estimate of drug-likeness (QED) is 0.661. The molecule has 0 aliphatic carbocycles. The van der Waals surface area contributed by atoms with E-state index in [1.807, 2.05) is 6.92 Å². The van der Waals surface area contributed by atoms with Crippen molar-refractivity contribution in [3.63, 3.8) is 0 Å². The Kier molecular flexibility index (Phi) is 4.07. The summed E-state index contributed by atoms with van der Waals surface area (Å²) in [5, 5.41) is 0.727. The molecule has 0 aliphatic heterocycles. The lowest BCUT2D eigenvalue weighted by Gasteiger charge is -2.10. The molecule has 0 saturated carbocycles. The van der Waals surface area contributed by atoms with Crippen LogP contribution in [0.15, 0.2) is 24.8 Å². The molecule has 1 heterocycles. The maximum atomic E-state index is 13.5. The zero-order chi connectivity index (χ0) is 13.1. The number of halogens is 2. The van der Waals surface area contributed by atoms with Gasteiger partial charge in [0.1, 0.15) is 10.3 Å². The molecule has 17 heavy (non-hydrogen) atoms. The van der Waals surface area contributed by atoms with Gasteiger partial charge in [0.25, 0.3) is 0 Å². The number of aromatic nitrogens is 2. The number of H-pyrrole nitrogens is 1. The van der Waals surface area contributed by atoms with E-state index in [-0.39, 0.29) is 4.64 Å². The smallest absolute Gasteiger partial charge is 0.310 e. The fraction of sp³-hybridized carbons (Fsp3) is 0.167. The summed E-state index contributed by atoms with van der Waals surface area (Å²) in [6.45, 7) is 8.55. The molecule has 0 unspecified atom stereocenters. The normalized spacial score (nSPS) is 13.2. The molecule has 2 nitrogen and oxygen atoms in total. The van der Waals surface area contributed by atoms with Crippen molar-refractivity contribution in [2.24, 2.45) is 0 Å². The van der Waals surface area contributed by atoms with Gasteiger partial charge in [-0.25, -0.2) is 4.98 Å². The molecule has 1 N–H and O–H groups in total. The number of allylic oxidation sites excluding steroid dienone is 3. The van der Waals surface area contributed by atoms with E-state index in [2.05, 4.69) is 23.1 Å². The second kappa shape index (κ2) is 5.14. The number of hydrogen-bond acceptors (Lipinski definition) is 2. The third-order valence-corrected chi connectivity index (χ3v) is 2.33. The predicted molar refractivity (Wildman–Crippen MR) is 67.6 cm³/mol. The van der Waals surface area contributed by atoms with Crippen LogP contribution in [0.5, 0.6) is 0 Å². The maximum Gasteiger partial charge on any atom is 0.310 e. The fourth-order valence-corrected chi connectivity index (χ4v) is 1.45. The Morgan fingerprint density at radius 1 is 1.47 bits per heavy atom. The summed E-state index contributed by atoms with van der Waals surface area (Å²) in [6, 6.07) is 0. The first-order chi connectivity index (χ1) is 7.92. The van der Waals surface area contributed by atoms with Crippen LogP contribution in [-0.2, 0) is 5.92 Å². The van der Waals surface area contributed by atoms with Gasteiger partial charge in [0.2, 0.25) is 0 Å². The van der Waals surface area contributed by atoms with Crippen molar-refractivity contribution in [1.29, 1.82) is 0 Å². The van der Waals surface area contributed by atoms with E-state index < -0.39 is 11.6 Å². The highest BCUT2D eigenvalue weighted by atomic mass is 32.1. The highest BCUT2D eigenvalue weighted by molar-refractivity contribution is 7.71. The number of alkyl halides is 2. The van der Waals surface area contributed by atoms with Crippen LogP contribution < -0.4 is 10.7 Å². The van der Waals surface area contributed by atoms with E-state index in [4.69, 9.17) is 12.2 Å². The van der Waals surface area contributed by atoms with E-state index in [1.165, 1.54) is 0 Å². The first kappa shape index (κ1) is 13.4. The molecule has 0 fully saturated rings. The number of hydrogen-bond donors (Lipinski definition) is 1. The second-order valence-corrected chi connectivity index (χ2v) is 3.71. The van der Waals surface area contributed by atoms with Gasteiger partial charge in [0.05, 0.1) is 10.7 Å². The van der Waals surface area contributed by atoms with E-state index in [0.717, 1.165) is 0 Å². The summed E-state index contributed by atoms with van der Waals surface area (Å²) in [5.41, 5.74) is -0.509. The first-order valence-corrected chi connectivity index (χ1v) is 5.27. The summed E-state index contributed by atoms with van der Waals surface area (Å²) in [6.07, 6.45) is 5.54. The van der Waals surface area contributed by atoms with E-state index in [1.54, 1.807) is 18.2 Å². The Bertz CT molecular complexity index is 614. The van der Waals surface area contributed by atoms with Crippen molar-refractivity contribution in [1.82, 2.24) is 9.97 Å². The molecule has 1 aromatic rings. The SMILES string of the molecule is C=CC(F)(F)c1n/c(=C/C=C\C)c(=C)[nH]c1=S. The van der Waals surface area contributed by atoms with Gasteiger partial charge in [-0.05, 0) is 19.1 Å². The molecule has 1 aromatic heterocycles. The van der Waals surface area contributed by atoms with Crippen LogP contribution >= 0.6 is 12.2 Å². The Morgan fingerprint density at radius 2 is 2.12 bits per heavy atom. The molecule has 0 saturated heterocycles. The Balaban J connectivity index is 3.61. The van der Waals surface area contributed by atoms with Crippen molar-refractivity contribution in [2.75, 3.05) is 0 Å². The van der Waals surface area contributed by atoms with Crippen molar-refractivity contribution in [2.45, 2.75) is 12.8 Å². The lowest BCUT2D eigenvalue weighted by Crippen LogP contribution is -2.34. The standard InChI is InChI=1S/C12H12F2N2S/c1-4-6-7-9-8(3)15-11(17)10(16-9)12(13,14)5-2/h4-7H,2-3H2,1H3,(H,15,17)/b6-4-,9-7+. The molecular formula is C12H12F2N2S. The Labute approximate surface area is 103 Å². The predicted octanol–water partition coefficient (Wildman–Crippen LogP) is 2.18. The van der Waals surface area contributed by atoms with Crippen LogP contribution in [0.1, 0.15) is 12.6 Å².